The minimum Gasteiger partial charge on any atom is -0.444 e. The van der Waals surface area contributed by atoms with Crippen LogP contribution in [0.4, 0.5) is 4.79 Å². The maximum atomic E-state index is 11.6. The first-order valence-corrected chi connectivity index (χ1v) is 6.84. The number of nitrogens with one attached hydrogen (secondary N) is 1. The lowest BCUT2D eigenvalue weighted by molar-refractivity contribution is -0.123. The van der Waals surface area contributed by atoms with E-state index in [0.29, 0.717) is 12.2 Å². The molecular formula is C14H25NO3. The number of ether oxygens (including phenoxy) is 1. The van der Waals surface area contributed by atoms with Gasteiger partial charge in [-0.3, -0.25) is 4.79 Å². The summed E-state index contributed by atoms with van der Waals surface area (Å²) in [5.41, 5.74) is -0.459. The van der Waals surface area contributed by atoms with Crippen LogP contribution in [-0.2, 0) is 9.53 Å². The first-order valence-electron chi connectivity index (χ1n) is 6.84. The highest BCUT2D eigenvalue weighted by Crippen LogP contribution is 2.26. The SMILES string of the molecule is CCC(=O)C1CCC(NC(=O)OC(C)(C)C)CC1. The zero-order valence-electron chi connectivity index (χ0n) is 11.9. The van der Waals surface area contributed by atoms with Gasteiger partial charge in [0.1, 0.15) is 11.4 Å². The average molecular weight is 255 g/mol. The number of rotatable bonds is 3. The molecule has 104 valence electrons. The predicted molar refractivity (Wildman–Crippen MR) is 70.4 cm³/mol. The van der Waals surface area contributed by atoms with Gasteiger partial charge in [-0.15, -0.1) is 0 Å². The minimum absolute atomic E-state index is 0.153. The zero-order chi connectivity index (χ0) is 13.8. The lowest BCUT2D eigenvalue weighted by Crippen LogP contribution is -2.41. The Bertz CT molecular complexity index is 299. The predicted octanol–water partition coefficient (Wildman–Crippen LogP) is 3.05. The van der Waals surface area contributed by atoms with Crippen molar-refractivity contribution in [1.29, 1.82) is 0 Å². The number of ketones is 1. The summed E-state index contributed by atoms with van der Waals surface area (Å²) in [6.07, 6.45) is 3.77. The van der Waals surface area contributed by atoms with Gasteiger partial charge in [0.15, 0.2) is 0 Å². The van der Waals surface area contributed by atoms with Crippen molar-refractivity contribution < 1.29 is 14.3 Å². The molecule has 0 spiro atoms. The van der Waals surface area contributed by atoms with Crippen LogP contribution in [0.1, 0.15) is 59.8 Å². The molecule has 1 aliphatic rings. The van der Waals surface area contributed by atoms with Crippen LogP contribution in [0.15, 0.2) is 0 Å². The van der Waals surface area contributed by atoms with Gasteiger partial charge in [0.25, 0.3) is 0 Å². The van der Waals surface area contributed by atoms with Crippen molar-refractivity contribution in [2.45, 2.75) is 71.4 Å². The van der Waals surface area contributed by atoms with E-state index in [1.807, 2.05) is 27.7 Å². The number of hydrogen-bond donors (Lipinski definition) is 1. The number of carbonyl (C=O) groups excluding carboxylic acids is 2. The van der Waals surface area contributed by atoms with Gasteiger partial charge in [-0.1, -0.05) is 6.92 Å². The molecule has 0 unspecified atom stereocenters. The third-order valence-electron chi connectivity index (χ3n) is 3.25. The van der Waals surface area contributed by atoms with E-state index in [2.05, 4.69) is 5.32 Å². The molecule has 18 heavy (non-hydrogen) atoms. The van der Waals surface area contributed by atoms with Crippen LogP contribution in [-0.4, -0.2) is 23.5 Å². The van der Waals surface area contributed by atoms with Gasteiger partial charge in [-0.25, -0.2) is 4.79 Å². The molecule has 1 rings (SSSR count). The van der Waals surface area contributed by atoms with Crippen LogP contribution < -0.4 is 5.32 Å². The minimum atomic E-state index is -0.459. The van der Waals surface area contributed by atoms with Gasteiger partial charge in [-0.05, 0) is 46.5 Å². The average Bonchev–Trinajstić information content (AvgIpc) is 2.26. The largest absolute Gasteiger partial charge is 0.444 e. The normalized spacial score (nSPS) is 24.4. The van der Waals surface area contributed by atoms with E-state index in [1.165, 1.54) is 0 Å². The highest BCUT2D eigenvalue weighted by atomic mass is 16.6. The Hall–Kier alpha value is -1.06. The summed E-state index contributed by atoms with van der Waals surface area (Å²) in [4.78, 5) is 23.2. The number of Topliss-reactive ketones (excluding diaryl/α,β-unsaturated/α-hetero) is 1. The van der Waals surface area contributed by atoms with E-state index in [1.54, 1.807) is 0 Å². The van der Waals surface area contributed by atoms with E-state index in [9.17, 15) is 9.59 Å². The van der Waals surface area contributed by atoms with E-state index in [0.717, 1.165) is 25.7 Å². The van der Waals surface area contributed by atoms with Crippen LogP contribution in [0, 0.1) is 5.92 Å². The Morgan fingerprint density at radius 2 is 1.72 bits per heavy atom. The Morgan fingerprint density at radius 3 is 2.17 bits per heavy atom. The van der Waals surface area contributed by atoms with Gasteiger partial charge >= 0.3 is 6.09 Å². The molecule has 1 saturated carbocycles. The van der Waals surface area contributed by atoms with Gasteiger partial charge in [0.05, 0.1) is 0 Å². The summed E-state index contributed by atoms with van der Waals surface area (Å²) in [6, 6.07) is 0.153. The van der Waals surface area contributed by atoms with Gasteiger partial charge in [-0.2, -0.15) is 0 Å². The molecule has 1 aliphatic carbocycles. The van der Waals surface area contributed by atoms with Crippen LogP contribution in [0.5, 0.6) is 0 Å². The van der Waals surface area contributed by atoms with Crippen LogP contribution in [0.3, 0.4) is 0 Å². The Kier molecular flexibility index (Phi) is 5.17. The first-order chi connectivity index (χ1) is 8.31. The smallest absolute Gasteiger partial charge is 0.407 e. The molecule has 0 aromatic heterocycles. The molecular weight excluding hydrogens is 230 g/mol. The molecule has 1 fully saturated rings. The number of hydrogen-bond acceptors (Lipinski definition) is 3. The summed E-state index contributed by atoms with van der Waals surface area (Å²) in [5.74, 6) is 0.553. The highest BCUT2D eigenvalue weighted by molar-refractivity contribution is 5.80. The van der Waals surface area contributed by atoms with E-state index in [4.69, 9.17) is 4.74 Å². The lowest BCUT2D eigenvalue weighted by atomic mass is 9.83. The summed E-state index contributed by atoms with van der Waals surface area (Å²) < 4.78 is 5.22. The molecule has 0 aromatic rings. The molecule has 0 heterocycles. The van der Waals surface area contributed by atoms with E-state index >= 15 is 0 Å². The maximum Gasteiger partial charge on any atom is 0.407 e. The summed E-state index contributed by atoms with van der Waals surface area (Å²) in [7, 11) is 0. The van der Waals surface area contributed by atoms with Gasteiger partial charge < -0.3 is 10.1 Å². The van der Waals surface area contributed by atoms with Crippen molar-refractivity contribution in [3.05, 3.63) is 0 Å². The van der Waals surface area contributed by atoms with Crippen LogP contribution >= 0.6 is 0 Å². The molecule has 0 bridgehead atoms. The summed E-state index contributed by atoms with van der Waals surface area (Å²) in [5, 5.41) is 2.88. The number of alkyl carbamates (subject to hydrolysis) is 1. The topological polar surface area (TPSA) is 55.4 Å². The molecule has 4 heteroatoms. The fraction of sp³-hybridized carbons (Fsp3) is 0.857. The maximum absolute atomic E-state index is 11.6. The monoisotopic (exact) mass is 255 g/mol. The molecule has 0 radical (unpaired) electrons. The summed E-state index contributed by atoms with van der Waals surface area (Å²) in [6.45, 7) is 7.46. The third kappa shape index (κ3) is 5.07. The molecule has 0 saturated heterocycles. The zero-order valence-corrected chi connectivity index (χ0v) is 11.9. The number of amides is 1. The molecule has 1 amide bonds. The van der Waals surface area contributed by atoms with E-state index < -0.39 is 5.60 Å². The highest BCUT2D eigenvalue weighted by Gasteiger charge is 2.27. The second kappa shape index (κ2) is 6.21. The van der Waals surface area contributed by atoms with E-state index in [-0.39, 0.29) is 18.1 Å². The second-order valence-electron chi connectivity index (χ2n) is 6.01. The van der Waals surface area contributed by atoms with Crippen molar-refractivity contribution >= 4 is 11.9 Å². The Morgan fingerprint density at radius 1 is 1.17 bits per heavy atom. The molecule has 4 nitrogen and oxygen atoms in total. The van der Waals surface area contributed by atoms with Crippen molar-refractivity contribution in [3.63, 3.8) is 0 Å². The molecule has 0 atom stereocenters. The first kappa shape index (κ1) is 15.0. The Labute approximate surface area is 109 Å². The fourth-order valence-corrected chi connectivity index (χ4v) is 2.32. The van der Waals surface area contributed by atoms with Gasteiger partial charge in [0, 0.05) is 18.4 Å². The quantitative estimate of drug-likeness (QED) is 0.843. The lowest BCUT2D eigenvalue weighted by Gasteiger charge is -2.29. The van der Waals surface area contributed by atoms with Crippen molar-refractivity contribution in [2.75, 3.05) is 0 Å². The Balaban J connectivity index is 2.31. The van der Waals surface area contributed by atoms with Crippen LogP contribution in [0.25, 0.3) is 0 Å². The third-order valence-corrected chi connectivity index (χ3v) is 3.25. The standard InChI is InChI=1S/C14H25NO3/c1-5-12(16)10-6-8-11(9-7-10)15-13(17)18-14(2,3)4/h10-11H,5-9H2,1-4H3,(H,15,17). The summed E-state index contributed by atoms with van der Waals surface area (Å²) >= 11 is 0. The fourth-order valence-electron chi connectivity index (χ4n) is 2.32. The molecule has 0 aliphatic heterocycles. The molecule has 1 N–H and O–H groups in total. The number of carbonyl (C=O) groups is 2. The molecule has 0 aromatic carbocycles. The van der Waals surface area contributed by atoms with Crippen molar-refractivity contribution in [1.82, 2.24) is 5.32 Å². The van der Waals surface area contributed by atoms with Gasteiger partial charge in [0.2, 0.25) is 0 Å². The van der Waals surface area contributed by atoms with Crippen LogP contribution in [0.2, 0.25) is 0 Å². The van der Waals surface area contributed by atoms with Crippen molar-refractivity contribution in [2.24, 2.45) is 5.92 Å². The second-order valence-corrected chi connectivity index (χ2v) is 6.01. The van der Waals surface area contributed by atoms with Crippen molar-refractivity contribution in [3.8, 4) is 0 Å².